The first kappa shape index (κ1) is 43.9. The third-order valence-corrected chi connectivity index (χ3v) is 11.4. The average molecular weight is 919 g/mol. The standard InChI is InChI=1S/C20H13F4N3O4S.C20H13F4N3O3S/c1-10-16(32-18(27(10)29)11-2-4-12(5-3-11)20(22,23)24)9-30-13-6-7-14(15(21)8-13)17-25-19(28)31-26-17;1-10-16(31-18(25-10)11-2-4-12(5-3-11)20(22,23)24)9-29-13-6-7-14(15(21)8-13)17-26-19(28)30-27-17/h2-8H,9H2,1H3,(H,25,26,28);2-8H,9H2,1H3,(H,26,27,28). The van der Waals surface area contributed by atoms with Gasteiger partial charge in [-0.05, 0) is 67.6 Å². The molecule has 0 saturated carbocycles. The summed E-state index contributed by atoms with van der Waals surface area (Å²) in [4.78, 5) is 32.2. The maximum Gasteiger partial charge on any atom is 0.439 e. The summed E-state index contributed by atoms with van der Waals surface area (Å²) in [7, 11) is 0. The molecule has 0 atom stereocenters. The molecule has 8 aromatic rings. The van der Waals surface area contributed by atoms with Crippen molar-refractivity contribution >= 4 is 22.7 Å². The molecule has 8 rings (SSSR count). The van der Waals surface area contributed by atoms with Gasteiger partial charge in [0.25, 0.3) is 5.01 Å². The first-order valence-electron chi connectivity index (χ1n) is 17.8. The molecule has 0 amide bonds. The number of aromatic amines is 2. The van der Waals surface area contributed by atoms with E-state index in [1.165, 1.54) is 59.9 Å². The van der Waals surface area contributed by atoms with Crippen LogP contribution in [-0.2, 0) is 25.6 Å². The lowest BCUT2D eigenvalue weighted by Gasteiger charge is -2.07. The van der Waals surface area contributed by atoms with E-state index in [0.29, 0.717) is 37.1 Å². The van der Waals surface area contributed by atoms with Gasteiger partial charge in [0.15, 0.2) is 11.6 Å². The number of hydrogen-bond donors (Lipinski definition) is 2. The van der Waals surface area contributed by atoms with Crippen molar-refractivity contribution < 1.29 is 58.4 Å². The molecule has 13 nitrogen and oxygen atoms in total. The number of ether oxygens (including phenoxy) is 2. The molecule has 4 aromatic heterocycles. The van der Waals surface area contributed by atoms with Crippen molar-refractivity contribution in [3.8, 4) is 55.4 Å². The third-order valence-electron chi connectivity index (χ3n) is 8.94. The number of rotatable bonds is 10. The van der Waals surface area contributed by atoms with Gasteiger partial charge in [-0.3, -0.25) is 19.0 Å². The molecule has 2 N–H and O–H groups in total. The number of aryl methyl sites for hydroxylation is 1. The zero-order valence-corrected chi connectivity index (χ0v) is 33.6. The number of hydrogen-bond acceptors (Lipinski definition) is 12. The number of nitrogens with zero attached hydrogens (tertiary/aromatic N) is 4. The first-order chi connectivity index (χ1) is 29.8. The molecule has 23 heteroatoms. The Hall–Kier alpha value is -7.14. The number of thiazole rings is 2. The molecule has 0 fully saturated rings. The van der Waals surface area contributed by atoms with Gasteiger partial charge in [0.1, 0.15) is 46.2 Å². The second-order valence-electron chi connectivity index (χ2n) is 13.1. The molecule has 0 aliphatic rings. The molecule has 0 radical (unpaired) electrons. The van der Waals surface area contributed by atoms with Gasteiger partial charge in [-0.25, -0.2) is 23.4 Å². The Kier molecular flexibility index (Phi) is 12.3. The van der Waals surface area contributed by atoms with Crippen LogP contribution < -0.4 is 25.7 Å². The Balaban J connectivity index is 0.000000189. The van der Waals surface area contributed by atoms with E-state index >= 15 is 0 Å². The highest BCUT2D eigenvalue weighted by Crippen LogP contribution is 2.35. The van der Waals surface area contributed by atoms with Crippen LogP contribution >= 0.6 is 22.7 Å². The Morgan fingerprint density at radius 1 is 0.667 bits per heavy atom. The van der Waals surface area contributed by atoms with Crippen LogP contribution in [0.2, 0.25) is 0 Å². The molecule has 63 heavy (non-hydrogen) atoms. The van der Waals surface area contributed by atoms with Crippen molar-refractivity contribution in [3.63, 3.8) is 0 Å². The summed E-state index contributed by atoms with van der Waals surface area (Å²) >= 11 is 2.35. The molecular formula is C40H26F8N6O7S2. The summed E-state index contributed by atoms with van der Waals surface area (Å²) in [5.74, 6) is -2.67. The number of nitrogens with one attached hydrogen (secondary N) is 2. The normalized spacial score (nSPS) is 11.7. The zero-order valence-electron chi connectivity index (χ0n) is 32.0. The molecule has 0 aliphatic heterocycles. The van der Waals surface area contributed by atoms with Gasteiger partial charge < -0.3 is 14.7 Å². The molecule has 0 bridgehead atoms. The van der Waals surface area contributed by atoms with Crippen molar-refractivity contribution in [3.05, 3.63) is 155 Å². The smallest absolute Gasteiger partial charge is 0.439 e. The van der Waals surface area contributed by atoms with E-state index in [1.54, 1.807) is 13.8 Å². The summed E-state index contributed by atoms with van der Waals surface area (Å²) in [5.41, 5.74) is 0.409. The van der Waals surface area contributed by atoms with E-state index in [2.05, 4.69) is 34.3 Å². The fourth-order valence-corrected chi connectivity index (χ4v) is 7.68. The summed E-state index contributed by atoms with van der Waals surface area (Å²) in [6.45, 7) is 3.36. The largest absolute Gasteiger partial charge is 0.617 e. The highest BCUT2D eigenvalue weighted by Gasteiger charge is 2.31. The highest BCUT2D eigenvalue weighted by molar-refractivity contribution is 7.15. The van der Waals surface area contributed by atoms with Gasteiger partial charge in [0, 0.05) is 24.6 Å². The number of H-pyrrole nitrogens is 2. The van der Waals surface area contributed by atoms with Gasteiger partial charge in [-0.2, -0.15) is 31.1 Å². The Bertz CT molecular complexity index is 3010. The summed E-state index contributed by atoms with van der Waals surface area (Å²) in [6.07, 6.45) is -8.87. The lowest BCUT2D eigenvalue weighted by atomic mass is 10.1. The molecule has 0 unspecified atom stereocenters. The van der Waals surface area contributed by atoms with Crippen LogP contribution in [0.25, 0.3) is 43.9 Å². The van der Waals surface area contributed by atoms with E-state index in [4.69, 9.17) is 9.47 Å². The average Bonchev–Trinajstić information content (AvgIpc) is 4.03. The molecule has 4 aromatic carbocycles. The van der Waals surface area contributed by atoms with Crippen LogP contribution in [0.1, 0.15) is 32.3 Å². The van der Waals surface area contributed by atoms with Crippen LogP contribution in [0.4, 0.5) is 35.1 Å². The second kappa shape index (κ2) is 17.7. The first-order valence-corrected chi connectivity index (χ1v) is 19.5. The van der Waals surface area contributed by atoms with Crippen molar-refractivity contribution in [2.45, 2.75) is 39.4 Å². The van der Waals surface area contributed by atoms with Crippen LogP contribution in [0.5, 0.6) is 11.5 Å². The summed E-state index contributed by atoms with van der Waals surface area (Å²) in [5, 5.41) is 20.1. The van der Waals surface area contributed by atoms with Gasteiger partial charge in [-0.15, -0.1) is 11.3 Å². The number of aromatic nitrogens is 6. The molecule has 0 saturated heterocycles. The second-order valence-corrected chi connectivity index (χ2v) is 15.3. The summed E-state index contributed by atoms with van der Waals surface area (Å²) in [6, 6.07) is 17.0. The maximum atomic E-state index is 14.3. The van der Waals surface area contributed by atoms with Crippen molar-refractivity contribution in [2.75, 3.05) is 0 Å². The number of halogens is 8. The lowest BCUT2D eigenvalue weighted by Crippen LogP contribution is -2.29. The maximum absolute atomic E-state index is 14.3. The van der Waals surface area contributed by atoms with E-state index in [1.807, 2.05) is 0 Å². The van der Waals surface area contributed by atoms with E-state index < -0.39 is 46.6 Å². The van der Waals surface area contributed by atoms with Crippen LogP contribution in [0, 0.1) is 30.7 Å². The molecule has 326 valence electrons. The summed E-state index contributed by atoms with van der Waals surface area (Å²) < 4.78 is 126. The molecule has 4 heterocycles. The fraction of sp³-hybridized carbons (Fsp3) is 0.150. The number of benzene rings is 4. The lowest BCUT2D eigenvalue weighted by molar-refractivity contribution is -0.596. The van der Waals surface area contributed by atoms with Gasteiger partial charge in [0.05, 0.1) is 38.4 Å². The van der Waals surface area contributed by atoms with E-state index in [9.17, 15) is 49.9 Å². The monoisotopic (exact) mass is 918 g/mol. The fourth-order valence-electron chi connectivity index (χ4n) is 5.64. The van der Waals surface area contributed by atoms with Crippen LogP contribution in [0.15, 0.2) is 104 Å². The Morgan fingerprint density at radius 2 is 1.13 bits per heavy atom. The van der Waals surface area contributed by atoms with Gasteiger partial charge in [-0.1, -0.05) is 33.8 Å². The van der Waals surface area contributed by atoms with Crippen molar-refractivity contribution in [1.29, 1.82) is 0 Å². The topological polar surface area (TPSA) is 176 Å². The van der Waals surface area contributed by atoms with Gasteiger partial charge >= 0.3 is 23.9 Å². The minimum absolute atomic E-state index is 0.0116. The highest BCUT2D eigenvalue weighted by atomic mass is 32.1. The predicted octanol–water partition coefficient (Wildman–Crippen LogP) is 9.64. The Labute approximate surface area is 355 Å². The van der Waals surface area contributed by atoms with Crippen LogP contribution in [0.3, 0.4) is 0 Å². The minimum Gasteiger partial charge on any atom is -0.617 e. The molecular weight excluding hydrogens is 893 g/mol. The third kappa shape index (κ3) is 10.2. The zero-order chi connectivity index (χ0) is 45.2. The van der Waals surface area contributed by atoms with Crippen LogP contribution in [-0.4, -0.2) is 25.3 Å². The Morgan fingerprint density at radius 3 is 1.56 bits per heavy atom. The quantitative estimate of drug-likeness (QED) is 0.0763. The van der Waals surface area contributed by atoms with E-state index in [-0.39, 0.29) is 52.5 Å². The predicted molar refractivity (Wildman–Crippen MR) is 209 cm³/mol. The van der Waals surface area contributed by atoms with Gasteiger partial charge in [0.2, 0.25) is 5.69 Å². The minimum atomic E-state index is -4.47. The van der Waals surface area contributed by atoms with Crippen molar-refractivity contribution in [2.24, 2.45) is 0 Å². The molecule has 0 spiro atoms. The van der Waals surface area contributed by atoms with Crippen molar-refractivity contribution in [1.82, 2.24) is 25.3 Å². The molecule has 0 aliphatic carbocycles. The van der Waals surface area contributed by atoms with E-state index in [0.717, 1.165) is 52.6 Å². The SMILES string of the molecule is Cc1c(COc2ccc(-c3noc(=O)[nH]3)c(F)c2)sc(-c2ccc(C(F)(F)F)cc2)[n+]1[O-].Cc1nc(-c2ccc(C(F)(F)F)cc2)sc1COc1ccc(-c2noc(=O)[nH]2)c(F)c1. The number of alkyl halides is 6.